The zero-order valence-electron chi connectivity index (χ0n) is 22.9. The van der Waals surface area contributed by atoms with E-state index in [2.05, 4.69) is 163 Å². The van der Waals surface area contributed by atoms with Crippen molar-refractivity contribution >= 4 is 33.0 Å². The summed E-state index contributed by atoms with van der Waals surface area (Å²) in [5.74, 6) is 0.669. The van der Waals surface area contributed by atoms with Crippen molar-refractivity contribution < 1.29 is 0 Å². The summed E-state index contributed by atoms with van der Waals surface area (Å²) in [6, 6.07) is 44.2. The Morgan fingerprint density at radius 1 is 0.615 bits per heavy atom. The number of hydrogen-bond donors (Lipinski definition) is 0. The molecule has 0 bridgehead atoms. The average Bonchev–Trinajstić information content (AvgIpc) is 3.21. The van der Waals surface area contributed by atoms with E-state index < -0.39 is 0 Å². The predicted octanol–water partition coefficient (Wildman–Crippen LogP) is 11.3. The number of nitrogens with zero attached hydrogens (tertiary/aromatic N) is 1. The van der Waals surface area contributed by atoms with Gasteiger partial charge in [-0.1, -0.05) is 116 Å². The molecular weight excluding hydrogens is 538 g/mol. The van der Waals surface area contributed by atoms with E-state index >= 15 is 0 Å². The Bertz CT molecular complexity index is 1600. The summed E-state index contributed by atoms with van der Waals surface area (Å²) in [5.41, 5.74) is 11.5. The molecule has 0 fully saturated rings. The molecule has 1 atom stereocenters. The summed E-state index contributed by atoms with van der Waals surface area (Å²) >= 11 is 3.71. The number of benzene rings is 5. The van der Waals surface area contributed by atoms with Gasteiger partial charge in [0.05, 0.1) is 0 Å². The van der Waals surface area contributed by atoms with Crippen LogP contribution in [0.25, 0.3) is 22.3 Å². The molecule has 0 N–H and O–H groups in total. The fraction of sp³-hybridized carbons (Fsp3) is 0.189. The van der Waals surface area contributed by atoms with Gasteiger partial charge in [-0.3, -0.25) is 0 Å². The molecule has 1 aliphatic carbocycles. The largest absolute Gasteiger partial charge is 0.310 e. The molecular formula is C37H34BrN. The van der Waals surface area contributed by atoms with Crippen LogP contribution in [0, 0.1) is 5.92 Å². The van der Waals surface area contributed by atoms with Crippen molar-refractivity contribution in [1.82, 2.24) is 0 Å². The summed E-state index contributed by atoms with van der Waals surface area (Å²) < 4.78 is 1.07. The lowest BCUT2D eigenvalue weighted by molar-refractivity contribution is 0.447. The van der Waals surface area contributed by atoms with Crippen molar-refractivity contribution in [1.29, 1.82) is 0 Å². The molecule has 5 aromatic carbocycles. The van der Waals surface area contributed by atoms with E-state index in [-0.39, 0.29) is 5.41 Å². The van der Waals surface area contributed by atoms with Gasteiger partial charge in [-0.2, -0.15) is 0 Å². The maximum atomic E-state index is 3.71. The van der Waals surface area contributed by atoms with E-state index in [1.165, 1.54) is 45.5 Å². The van der Waals surface area contributed by atoms with E-state index in [0.717, 1.165) is 22.3 Å². The lowest BCUT2D eigenvalue weighted by Crippen LogP contribution is -2.22. The molecule has 0 heterocycles. The first-order valence-corrected chi connectivity index (χ1v) is 14.7. The van der Waals surface area contributed by atoms with Gasteiger partial charge in [0.1, 0.15) is 0 Å². The molecule has 2 heteroatoms. The summed E-state index contributed by atoms with van der Waals surface area (Å²) in [6.45, 7) is 7.10. The fourth-order valence-electron chi connectivity index (χ4n) is 6.05. The highest BCUT2D eigenvalue weighted by atomic mass is 79.9. The maximum absolute atomic E-state index is 3.71. The van der Waals surface area contributed by atoms with Gasteiger partial charge >= 0.3 is 0 Å². The quantitative estimate of drug-likeness (QED) is 0.188. The molecule has 0 aliphatic heterocycles. The zero-order valence-corrected chi connectivity index (χ0v) is 24.4. The topological polar surface area (TPSA) is 3.24 Å². The second-order valence-electron chi connectivity index (χ2n) is 11.3. The first kappa shape index (κ1) is 25.6. The summed E-state index contributed by atoms with van der Waals surface area (Å²) in [4.78, 5) is 2.38. The second kappa shape index (κ2) is 10.5. The van der Waals surface area contributed by atoms with Crippen molar-refractivity contribution in [3.63, 3.8) is 0 Å². The molecule has 5 aromatic rings. The van der Waals surface area contributed by atoms with Crippen LogP contribution in [0.5, 0.6) is 0 Å². The zero-order chi connectivity index (χ0) is 27.0. The van der Waals surface area contributed by atoms with E-state index in [0.29, 0.717) is 5.92 Å². The van der Waals surface area contributed by atoms with Crippen LogP contribution in [-0.2, 0) is 5.41 Å². The Labute approximate surface area is 241 Å². The highest BCUT2D eigenvalue weighted by Crippen LogP contribution is 2.53. The summed E-state index contributed by atoms with van der Waals surface area (Å²) in [7, 11) is 0. The Morgan fingerprint density at radius 3 is 2.00 bits per heavy atom. The second-order valence-corrected chi connectivity index (χ2v) is 12.2. The van der Waals surface area contributed by atoms with Crippen LogP contribution in [0.4, 0.5) is 17.1 Å². The van der Waals surface area contributed by atoms with E-state index in [9.17, 15) is 0 Å². The van der Waals surface area contributed by atoms with Crippen LogP contribution in [0.1, 0.15) is 44.7 Å². The van der Waals surface area contributed by atoms with Crippen molar-refractivity contribution in [3.05, 3.63) is 137 Å². The first-order valence-electron chi connectivity index (χ1n) is 13.9. The third-order valence-corrected chi connectivity index (χ3v) is 8.68. The van der Waals surface area contributed by atoms with Crippen LogP contribution in [0.2, 0.25) is 0 Å². The van der Waals surface area contributed by atoms with E-state index in [1.807, 2.05) is 0 Å². The van der Waals surface area contributed by atoms with Crippen LogP contribution in [-0.4, -0.2) is 0 Å². The van der Waals surface area contributed by atoms with E-state index in [1.54, 1.807) is 0 Å². The molecule has 194 valence electrons. The normalized spacial score (nSPS) is 15.7. The van der Waals surface area contributed by atoms with Crippen molar-refractivity contribution in [2.75, 3.05) is 4.90 Å². The van der Waals surface area contributed by atoms with Crippen LogP contribution in [0.15, 0.2) is 126 Å². The molecule has 0 saturated carbocycles. The smallest absolute Gasteiger partial charge is 0.0472 e. The molecule has 0 spiro atoms. The lowest BCUT2D eigenvalue weighted by atomic mass is 9.75. The Balaban J connectivity index is 1.48. The lowest BCUT2D eigenvalue weighted by Gasteiger charge is -2.31. The third kappa shape index (κ3) is 4.83. The Hall–Kier alpha value is -3.62. The Kier molecular flexibility index (Phi) is 6.91. The van der Waals surface area contributed by atoms with Crippen LogP contribution >= 0.6 is 15.9 Å². The first-order chi connectivity index (χ1) is 18.9. The minimum absolute atomic E-state index is 0.00762. The van der Waals surface area contributed by atoms with Gasteiger partial charge in [-0.25, -0.2) is 0 Å². The summed E-state index contributed by atoms with van der Waals surface area (Å²) in [5, 5.41) is 0. The van der Waals surface area contributed by atoms with Crippen LogP contribution in [0.3, 0.4) is 0 Å². The number of fused-ring (bicyclic) bond motifs is 3. The van der Waals surface area contributed by atoms with Gasteiger partial charge in [-0.05, 0) is 94.6 Å². The standard InChI is InChI=1S/C37H34BrN/c1-26(2)22-23-37(3)35-15-8-7-14-33(35)34-21-20-32(25-36(34)37)39(31-13-9-12-29(38)24-31)30-18-16-28(17-19-30)27-10-5-4-6-11-27/h4-21,24-26H,22-23H2,1-3H3. The highest BCUT2D eigenvalue weighted by molar-refractivity contribution is 9.10. The SMILES string of the molecule is CC(C)CCC1(C)c2ccccc2-c2ccc(N(c3ccc(-c4ccccc4)cc3)c3cccc(Br)c3)cc21. The fourth-order valence-corrected chi connectivity index (χ4v) is 6.44. The number of rotatable bonds is 7. The maximum Gasteiger partial charge on any atom is 0.0472 e. The molecule has 1 unspecified atom stereocenters. The van der Waals surface area contributed by atoms with Crippen molar-refractivity contribution in [3.8, 4) is 22.3 Å². The average molecular weight is 573 g/mol. The van der Waals surface area contributed by atoms with Gasteiger partial charge in [0.15, 0.2) is 0 Å². The van der Waals surface area contributed by atoms with Gasteiger partial charge in [-0.15, -0.1) is 0 Å². The molecule has 39 heavy (non-hydrogen) atoms. The molecule has 1 aliphatic rings. The third-order valence-electron chi connectivity index (χ3n) is 8.19. The molecule has 0 saturated heterocycles. The predicted molar refractivity (Wildman–Crippen MR) is 170 cm³/mol. The van der Waals surface area contributed by atoms with Gasteiger partial charge in [0.25, 0.3) is 0 Å². The molecule has 0 aromatic heterocycles. The molecule has 0 radical (unpaired) electrons. The highest BCUT2D eigenvalue weighted by Gasteiger charge is 2.39. The van der Waals surface area contributed by atoms with Crippen LogP contribution < -0.4 is 4.90 Å². The molecule has 1 nitrogen and oxygen atoms in total. The minimum atomic E-state index is -0.00762. The van der Waals surface area contributed by atoms with Crippen molar-refractivity contribution in [2.45, 2.75) is 39.0 Å². The number of anilines is 3. The minimum Gasteiger partial charge on any atom is -0.310 e. The van der Waals surface area contributed by atoms with Gasteiger partial charge in [0, 0.05) is 26.9 Å². The molecule has 6 rings (SSSR count). The van der Waals surface area contributed by atoms with Gasteiger partial charge < -0.3 is 4.90 Å². The number of halogens is 1. The van der Waals surface area contributed by atoms with Gasteiger partial charge in [0.2, 0.25) is 0 Å². The van der Waals surface area contributed by atoms with Crippen molar-refractivity contribution in [2.24, 2.45) is 5.92 Å². The monoisotopic (exact) mass is 571 g/mol. The number of hydrogen-bond acceptors (Lipinski definition) is 1. The van der Waals surface area contributed by atoms with E-state index in [4.69, 9.17) is 0 Å². The molecule has 0 amide bonds. The Morgan fingerprint density at radius 2 is 1.26 bits per heavy atom. The summed E-state index contributed by atoms with van der Waals surface area (Å²) in [6.07, 6.45) is 2.34.